The normalized spacial score (nSPS) is 35.0. The summed E-state index contributed by atoms with van der Waals surface area (Å²) < 4.78 is 23.3. The van der Waals surface area contributed by atoms with Gasteiger partial charge in [0.25, 0.3) is 0 Å². The molecule has 0 radical (unpaired) electrons. The van der Waals surface area contributed by atoms with Crippen molar-refractivity contribution in [2.24, 2.45) is 0 Å². The van der Waals surface area contributed by atoms with E-state index in [2.05, 4.69) is 16.3 Å². The summed E-state index contributed by atoms with van der Waals surface area (Å²) in [4.78, 5) is 2.20. The molecule has 2 aliphatic rings. The highest BCUT2D eigenvalue weighted by molar-refractivity contribution is 7.91. The molecule has 102 valence electrons. The zero-order valence-electron chi connectivity index (χ0n) is 10.8. The van der Waals surface area contributed by atoms with Gasteiger partial charge in [-0.3, -0.25) is 4.90 Å². The van der Waals surface area contributed by atoms with E-state index in [1.54, 1.807) is 0 Å². The molecule has 0 amide bonds. The highest BCUT2D eigenvalue weighted by Gasteiger charge is 2.35. The third-order valence-corrected chi connectivity index (χ3v) is 5.75. The average Bonchev–Trinajstić information content (AvgIpc) is 2.38. The molecule has 2 rings (SSSR count). The second kappa shape index (κ2) is 5.55. The van der Waals surface area contributed by atoms with Crippen molar-refractivity contribution in [3.05, 3.63) is 0 Å². The van der Waals surface area contributed by atoms with Crippen LogP contribution in [0, 0.1) is 11.3 Å². The van der Waals surface area contributed by atoms with Crippen molar-refractivity contribution >= 4 is 9.84 Å². The van der Waals surface area contributed by atoms with E-state index in [1.807, 2.05) is 0 Å². The van der Waals surface area contributed by atoms with Gasteiger partial charge >= 0.3 is 0 Å². The fraction of sp³-hybridized carbons (Fsp3) is 0.917. The quantitative estimate of drug-likeness (QED) is 0.773. The van der Waals surface area contributed by atoms with Gasteiger partial charge in [0.15, 0.2) is 0 Å². The van der Waals surface area contributed by atoms with Crippen molar-refractivity contribution in [2.45, 2.75) is 43.0 Å². The molecule has 0 aromatic heterocycles. The smallest absolute Gasteiger partial charge is 0.150 e. The van der Waals surface area contributed by atoms with E-state index in [0.717, 1.165) is 32.4 Å². The van der Waals surface area contributed by atoms with Crippen LogP contribution in [-0.4, -0.2) is 56.5 Å². The van der Waals surface area contributed by atoms with E-state index in [4.69, 9.17) is 5.26 Å². The Hall–Kier alpha value is -0.640. The predicted octanol–water partition coefficient (Wildman–Crippen LogP) is 0.140. The highest BCUT2D eigenvalue weighted by atomic mass is 32.2. The predicted molar refractivity (Wildman–Crippen MR) is 69.9 cm³/mol. The molecule has 6 heteroatoms. The largest absolute Gasteiger partial charge is 0.313 e. The molecule has 0 aromatic rings. The standard InChI is InChI=1S/C12H21N3O2S/c1-18(16,17)12-4-2-3-10(7-12)15-6-5-14-9-11(15)8-13/h10-12,14H,2-7,9H2,1H3. The van der Waals surface area contributed by atoms with Crippen molar-refractivity contribution in [3.63, 3.8) is 0 Å². The lowest BCUT2D eigenvalue weighted by Gasteiger charge is -2.41. The van der Waals surface area contributed by atoms with E-state index in [9.17, 15) is 8.42 Å². The molecule has 1 aliphatic carbocycles. The van der Waals surface area contributed by atoms with Crippen LogP contribution >= 0.6 is 0 Å². The first-order valence-corrected chi connectivity index (χ1v) is 8.53. The summed E-state index contributed by atoms with van der Waals surface area (Å²) in [5.74, 6) is 0. The maximum Gasteiger partial charge on any atom is 0.150 e. The van der Waals surface area contributed by atoms with Crippen LogP contribution in [-0.2, 0) is 9.84 Å². The molecule has 1 heterocycles. The van der Waals surface area contributed by atoms with Crippen LogP contribution in [0.2, 0.25) is 0 Å². The maximum absolute atomic E-state index is 11.7. The number of nitrogens with one attached hydrogen (secondary N) is 1. The molecule has 1 saturated heterocycles. The van der Waals surface area contributed by atoms with E-state index in [0.29, 0.717) is 13.0 Å². The number of nitrogens with zero attached hydrogens (tertiary/aromatic N) is 2. The van der Waals surface area contributed by atoms with Crippen molar-refractivity contribution in [2.75, 3.05) is 25.9 Å². The minimum Gasteiger partial charge on any atom is -0.313 e. The van der Waals surface area contributed by atoms with Gasteiger partial charge in [0, 0.05) is 31.9 Å². The second-order valence-electron chi connectivity index (χ2n) is 5.36. The molecule has 3 unspecified atom stereocenters. The van der Waals surface area contributed by atoms with E-state index in [-0.39, 0.29) is 17.3 Å². The molecule has 2 fully saturated rings. The zero-order valence-corrected chi connectivity index (χ0v) is 11.6. The first kappa shape index (κ1) is 13.8. The van der Waals surface area contributed by atoms with E-state index < -0.39 is 9.84 Å². The first-order chi connectivity index (χ1) is 8.52. The van der Waals surface area contributed by atoms with Gasteiger partial charge in [0.2, 0.25) is 0 Å². The molecule has 18 heavy (non-hydrogen) atoms. The molecule has 0 spiro atoms. The van der Waals surface area contributed by atoms with Crippen molar-refractivity contribution < 1.29 is 8.42 Å². The lowest BCUT2D eigenvalue weighted by atomic mass is 9.92. The number of nitriles is 1. The summed E-state index contributed by atoms with van der Waals surface area (Å²) in [6.45, 7) is 2.42. The Balaban J connectivity index is 2.06. The molecule has 0 aromatic carbocycles. The molecular weight excluding hydrogens is 250 g/mol. The Morgan fingerprint density at radius 3 is 2.83 bits per heavy atom. The van der Waals surface area contributed by atoms with Crippen molar-refractivity contribution in [3.8, 4) is 6.07 Å². The minimum absolute atomic E-state index is 0.109. The molecular formula is C12H21N3O2S. The number of hydrogen-bond donors (Lipinski definition) is 1. The van der Waals surface area contributed by atoms with Gasteiger partial charge in [-0.2, -0.15) is 5.26 Å². The van der Waals surface area contributed by atoms with Gasteiger partial charge in [0.1, 0.15) is 15.9 Å². The van der Waals surface area contributed by atoms with Crippen LogP contribution in [0.25, 0.3) is 0 Å². The number of hydrogen-bond acceptors (Lipinski definition) is 5. The summed E-state index contributed by atoms with van der Waals surface area (Å²) in [5.41, 5.74) is 0. The Labute approximate surface area is 109 Å². The van der Waals surface area contributed by atoms with Gasteiger partial charge in [0.05, 0.1) is 11.3 Å². The van der Waals surface area contributed by atoms with Gasteiger partial charge in [-0.15, -0.1) is 0 Å². The van der Waals surface area contributed by atoms with Crippen LogP contribution in [0.5, 0.6) is 0 Å². The summed E-state index contributed by atoms with van der Waals surface area (Å²) in [5, 5.41) is 12.2. The minimum atomic E-state index is -2.95. The first-order valence-electron chi connectivity index (χ1n) is 6.57. The Bertz CT molecular complexity index is 429. The average molecular weight is 271 g/mol. The zero-order chi connectivity index (χ0) is 13.2. The van der Waals surface area contributed by atoms with Crippen molar-refractivity contribution in [1.29, 1.82) is 5.26 Å². The van der Waals surface area contributed by atoms with E-state index >= 15 is 0 Å². The molecule has 3 atom stereocenters. The summed E-state index contributed by atoms with van der Waals surface area (Å²) in [7, 11) is -2.95. The number of sulfone groups is 1. The monoisotopic (exact) mass is 271 g/mol. The van der Waals surface area contributed by atoms with Crippen LogP contribution in [0.1, 0.15) is 25.7 Å². The highest BCUT2D eigenvalue weighted by Crippen LogP contribution is 2.28. The third kappa shape index (κ3) is 3.02. The van der Waals surface area contributed by atoms with Gasteiger partial charge in [-0.1, -0.05) is 6.42 Å². The van der Waals surface area contributed by atoms with Gasteiger partial charge in [-0.05, 0) is 19.3 Å². The lowest BCUT2D eigenvalue weighted by molar-refractivity contribution is 0.109. The fourth-order valence-corrected chi connectivity index (χ4v) is 4.25. The molecule has 5 nitrogen and oxygen atoms in total. The second-order valence-corrected chi connectivity index (χ2v) is 7.68. The van der Waals surface area contributed by atoms with E-state index in [1.165, 1.54) is 6.26 Å². The van der Waals surface area contributed by atoms with Crippen LogP contribution in [0.4, 0.5) is 0 Å². The molecule has 1 saturated carbocycles. The number of rotatable bonds is 2. The topological polar surface area (TPSA) is 73.2 Å². The number of piperazine rings is 1. The SMILES string of the molecule is CS(=O)(=O)C1CCCC(N2CCNCC2C#N)C1. The molecule has 1 N–H and O–H groups in total. The van der Waals surface area contributed by atoms with Gasteiger partial charge < -0.3 is 5.32 Å². The van der Waals surface area contributed by atoms with Crippen molar-refractivity contribution in [1.82, 2.24) is 10.2 Å². The van der Waals surface area contributed by atoms with Gasteiger partial charge in [-0.25, -0.2) is 8.42 Å². The maximum atomic E-state index is 11.7. The van der Waals surface area contributed by atoms with Crippen LogP contribution < -0.4 is 5.32 Å². The Morgan fingerprint density at radius 1 is 1.39 bits per heavy atom. The summed E-state index contributed by atoms with van der Waals surface area (Å²) in [6.07, 6.45) is 4.77. The summed E-state index contributed by atoms with van der Waals surface area (Å²) >= 11 is 0. The van der Waals surface area contributed by atoms with Crippen LogP contribution in [0.3, 0.4) is 0 Å². The lowest BCUT2D eigenvalue weighted by Crippen LogP contribution is -2.56. The third-order valence-electron chi connectivity index (χ3n) is 4.11. The fourth-order valence-electron chi connectivity index (χ4n) is 3.09. The van der Waals surface area contributed by atoms with Crippen LogP contribution in [0.15, 0.2) is 0 Å². The molecule has 1 aliphatic heterocycles. The summed E-state index contributed by atoms with van der Waals surface area (Å²) in [6, 6.07) is 2.46. The molecule has 0 bridgehead atoms. The Morgan fingerprint density at radius 2 is 2.17 bits per heavy atom. The Kier molecular flexibility index (Phi) is 4.25.